The fourth-order valence-electron chi connectivity index (χ4n) is 5.07. The molecule has 2 aromatic heterocycles. The Balaban J connectivity index is 1.53. The van der Waals surface area contributed by atoms with Crippen molar-refractivity contribution in [2.24, 2.45) is 5.92 Å². The lowest BCUT2D eigenvalue weighted by molar-refractivity contribution is -0.142. The maximum absolute atomic E-state index is 13.6. The number of amides is 1. The quantitative estimate of drug-likeness (QED) is 0.296. The molecule has 0 spiro atoms. The van der Waals surface area contributed by atoms with Crippen molar-refractivity contribution in [3.63, 3.8) is 0 Å². The minimum absolute atomic E-state index is 0.102. The highest BCUT2D eigenvalue weighted by Crippen LogP contribution is 2.31. The Hall–Kier alpha value is -3.58. The van der Waals surface area contributed by atoms with E-state index in [-0.39, 0.29) is 30.6 Å². The number of fused-ring (bicyclic) bond motifs is 1. The highest BCUT2D eigenvalue weighted by molar-refractivity contribution is 9.10. The second-order valence-electron chi connectivity index (χ2n) is 10.7. The van der Waals surface area contributed by atoms with Gasteiger partial charge in [0.15, 0.2) is 5.82 Å². The van der Waals surface area contributed by atoms with Gasteiger partial charge in [0.05, 0.1) is 27.9 Å². The number of benzene rings is 1. The number of ether oxygens (including phenoxy) is 4. The molecule has 1 fully saturated rings. The Morgan fingerprint density at radius 3 is 2.67 bits per heavy atom. The summed E-state index contributed by atoms with van der Waals surface area (Å²) in [6.45, 7) is 7.84. The summed E-state index contributed by atoms with van der Waals surface area (Å²) in [6, 6.07) is 5.72. The van der Waals surface area contributed by atoms with E-state index in [0.29, 0.717) is 53.0 Å². The third-order valence-corrected chi connectivity index (χ3v) is 8.06. The Morgan fingerprint density at radius 1 is 1.19 bits per heavy atom. The van der Waals surface area contributed by atoms with E-state index in [1.165, 1.54) is 7.11 Å². The SMILES string of the molecule is COC(=O)CN(CC1CCC(C)CN1C(=O)Oc1nc(Br)c2c(NCc3ccc(OC)cc3OC)nccn12)C(C)C. The van der Waals surface area contributed by atoms with Gasteiger partial charge in [-0.3, -0.25) is 14.1 Å². The van der Waals surface area contributed by atoms with E-state index >= 15 is 0 Å². The molecule has 0 bridgehead atoms. The fourth-order valence-corrected chi connectivity index (χ4v) is 5.60. The average Bonchev–Trinajstić information content (AvgIpc) is 3.31. The first kappa shape index (κ1) is 31.4. The van der Waals surface area contributed by atoms with Gasteiger partial charge in [-0.05, 0) is 60.7 Å². The lowest BCUT2D eigenvalue weighted by Gasteiger charge is -2.40. The predicted molar refractivity (Wildman–Crippen MR) is 161 cm³/mol. The molecule has 0 saturated carbocycles. The van der Waals surface area contributed by atoms with Crippen LogP contribution in [0.25, 0.3) is 5.52 Å². The number of carbonyl (C=O) groups is 2. The van der Waals surface area contributed by atoms with Gasteiger partial charge in [0.1, 0.15) is 21.6 Å². The van der Waals surface area contributed by atoms with Crippen molar-refractivity contribution in [1.82, 2.24) is 24.2 Å². The zero-order valence-electron chi connectivity index (χ0n) is 24.9. The molecule has 3 heterocycles. The summed E-state index contributed by atoms with van der Waals surface area (Å²) in [5.74, 6) is 1.95. The first-order chi connectivity index (χ1) is 20.1. The van der Waals surface area contributed by atoms with Gasteiger partial charge in [-0.15, -0.1) is 0 Å². The lowest BCUT2D eigenvalue weighted by Crippen LogP contribution is -2.54. The summed E-state index contributed by atoms with van der Waals surface area (Å²) in [5, 5.41) is 3.34. The minimum Gasteiger partial charge on any atom is -0.497 e. The number of rotatable bonds is 11. The number of piperidine rings is 1. The number of anilines is 1. The maximum Gasteiger partial charge on any atom is 0.417 e. The molecule has 13 heteroatoms. The number of carbonyl (C=O) groups excluding carboxylic acids is 2. The molecule has 1 amide bonds. The highest BCUT2D eigenvalue weighted by atomic mass is 79.9. The molecule has 4 rings (SSSR count). The van der Waals surface area contributed by atoms with Gasteiger partial charge in [-0.25, -0.2) is 9.78 Å². The summed E-state index contributed by atoms with van der Waals surface area (Å²) in [4.78, 5) is 38.4. The van der Waals surface area contributed by atoms with Crippen molar-refractivity contribution in [3.05, 3.63) is 40.8 Å². The molecule has 2 atom stereocenters. The summed E-state index contributed by atoms with van der Waals surface area (Å²) in [6.07, 6.45) is 4.62. The standard InChI is InChI=1S/C29H39BrN6O6/c1-18(2)34(17-24(37)41-6)16-21-9-7-19(3)15-36(21)29(38)42-28-33-26(30)25-27(31-11-12-35(25)28)32-14-20-8-10-22(39-4)13-23(20)40-5/h8,10-13,18-19,21H,7,9,14-17H2,1-6H3,(H,31,32). The normalized spacial score (nSPS) is 17.0. The van der Waals surface area contributed by atoms with Crippen molar-refractivity contribution < 1.29 is 28.5 Å². The van der Waals surface area contributed by atoms with Gasteiger partial charge in [0.2, 0.25) is 0 Å². The number of aromatic nitrogens is 3. The van der Waals surface area contributed by atoms with Crippen LogP contribution in [0.15, 0.2) is 35.2 Å². The number of esters is 1. The Labute approximate surface area is 254 Å². The van der Waals surface area contributed by atoms with Crippen LogP contribution in [0.4, 0.5) is 10.6 Å². The van der Waals surface area contributed by atoms with Gasteiger partial charge < -0.3 is 29.2 Å². The van der Waals surface area contributed by atoms with Crippen LogP contribution in [0, 0.1) is 5.92 Å². The van der Waals surface area contributed by atoms with Crippen molar-refractivity contribution in [1.29, 1.82) is 0 Å². The number of imidazole rings is 1. The molecule has 12 nitrogen and oxygen atoms in total. The third kappa shape index (κ3) is 7.24. The van der Waals surface area contributed by atoms with Crippen LogP contribution in [-0.4, -0.2) is 89.3 Å². The highest BCUT2D eigenvalue weighted by Gasteiger charge is 2.34. The molecule has 228 valence electrons. The second-order valence-corrected chi connectivity index (χ2v) is 11.4. The van der Waals surface area contributed by atoms with Crippen LogP contribution >= 0.6 is 15.9 Å². The molecule has 1 aliphatic heterocycles. The van der Waals surface area contributed by atoms with Crippen molar-refractivity contribution in [3.8, 4) is 17.5 Å². The Morgan fingerprint density at radius 2 is 1.98 bits per heavy atom. The zero-order valence-corrected chi connectivity index (χ0v) is 26.5. The minimum atomic E-state index is -0.484. The molecule has 1 N–H and O–H groups in total. The average molecular weight is 648 g/mol. The lowest BCUT2D eigenvalue weighted by atomic mass is 9.94. The summed E-state index contributed by atoms with van der Waals surface area (Å²) in [5.41, 5.74) is 1.54. The topological polar surface area (TPSA) is 120 Å². The Kier molecular flexibility index (Phi) is 10.5. The van der Waals surface area contributed by atoms with E-state index in [0.717, 1.165) is 18.4 Å². The summed E-state index contributed by atoms with van der Waals surface area (Å²) >= 11 is 3.52. The van der Waals surface area contributed by atoms with Gasteiger partial charge >= 0.3 is 18.1 Å². The molecule has 0 aliphatic carbocycles. The van der Waals surface area contributed by atoms with E-state index in [1.807, 2.05) is 36.9 Å². The van der Waals surface area contributed by atoms with Gasteiger partial charge in [0.25, 0.3) is 0 Å². The van der Waals surface area contributed by atoms with Crippen molar-refractivity contribution >= 4 is 39.3 Å². The molecular formula is C29H39BrN6O6. The number of hydrogen-bond acceptors (Lipinski definition) is 10. The smallest absolute Gasteiger partial charge is 0.417 e. The van der Waals surface area contributed by atoms with Gasteiger partial charge in [-0.1, -0.05) is 6.92 Å². The van der Waals surface area contributed by atoms with Crippen LogP contribution in [0.1, 0.15) is 39.2 Å². The van der Waals surface area contributed by atoms with Gasteiger partial charge in [0, 0.05) is 55.7 Å². The second kappa shape index (κ2) is 14.1. The van der Waals surface area contributed by atoms with Crippen LogP contribution in [0.2, 0.25) is 0 Å². The third-order valence-electron chi connectivity index (χ3n) is 7.51. The number of hydrogen-bond donors (Lipinski definition) is 1. The molecule has 2 unspecified atom stereocenters. The monoisotopic (exact) mass is 646 g/mol. The number of nitrogens with one attached hydrogen (secondary N) is 1. The Bertz CT molecular complexity index is 1400. The molecule has 0 radical (unpaired) electrons. The summed E-state index contributed by atoms with van der Waals surface area (Å²) in [7, 11) is 4.60. The molecule has 3 aromatic rings. The maximum atomic E-state index is 13.6. The molecular weight excluding hydrogens is 608 g/mol. The van der Waals surface area contributed by atoms with E-state index in [9.17, 15) is 9.59 Å². The largest absolute Gasteiger partial charge is 0.497 e. The number of halogens is 1. The number of nitrogens with zero attached hydrogens (tertiary/aromatic N) is 5. The molecule has 42 heavy (non-hydrogen) atoms. The first-order valence-electron chi connectivity index (χ1n) is 13.9. The molecule has 1 aromatic carbocycles. The number of likely N-dealkylation sites (tertiary alicyclic amines) is 1. The first-order valence-corrected chi connectivity index (χ1v) is 14.7. The van der Waals surface area contributed by atoms with Gasteiger partial charge in [-0.2, -0.15) is 4.98 Å². The number of methoxy groups -OCH3 is 3. The van der Waals surface area contributed by atoms with Crippen LogP contribution in [-0.2, 0) is 16.1 Å². The van der Waals surface area contributed by atoms with E-state index in [4.69, 9.17) is 18.9 Å². The fraction of sp³-hybridized carbons (Fsp3) is 0.517. The summed E-state index contributed by atoms with van der Waals surface area (Å²) < 4.78 is 23.8. The van der Waals surface area contributed by atoms with Crippen LogP contribution in [0.3, 0.4) is 0 Å². The van der Waals surface area contributed by atoms with E-state index in [2.05, 4.69) is 38.1 Å². The van der Waals surface area contributed by atoms with E-state index < -0.39 is 6.09 Å². The van der Waals surface area contributed by atoms with Crippen molar-refractivity contribution in [2.45, 2.75) is 52.2 Å². The molecule has 1 aliphatic rings. The van der Waals surface area contributed by atoms with Crippen molar-refractivity contribution in [2.75, 3.05) is 46.3 Å². The molecule has 1 saturated heterocycles. The predicted octanol–water partition coefficient (Wildman–Crippen LogP) is 4.60. The van der Waals surface area contributed by atoms with Crippen LogP contribution in [0.5, 0.6) is 17.5 Å². The zero-order chi connectivity index (χ0) is 30.4. The van der Waals surface area contributed by atoms with E-state index in [1.54, 1.807) is 35.9 Å². The van der Waals surface area contributed by atoms with Crippen LogP contribution < -0.4 is 19.5 Å².